The maximum Gasteiger partial charge on any atom is 0.150 e. The van der Waals surface area contributed by atoms with Crippen molar-refractivity contribution in [1.29, 1.82) is 0 Å². The fourth-order valence-electron chi connectivity index (χ4n) is 7.70. The highest BCUT2D eigenvalue weighted by molar-refractivity contribution is 7.10. The van der Waals surface area contributed by atoms with E-state index in [4.69, 9.17) is 0 Å². The zero-order valence-corrected chi connectivity index (χ0v) is 32.3. The molecule has 0 saturated heterocycles. The van der Waals surface area contributed by atoms with Crippen molar-refractivity contribution in [3.63, 3.8) is 0 Å². The first-order valence-corrected chi connectivity index (χ1v) is 20.7. The van der Waals surface area contributed by atoms with E-state index in [0.717, 1.165) is 6.29 Å². The minimum absolute atomic E-state index is 0.700. The summed E-state index contributed by atoms with van der Waals surface area (Å²) in [7, 11) is -2.44. The van der Waals surface area contributed by atoms with E-state index < -0.39 is 8.07 Å². The molecule has 0 amide bonds. The van der Waals surface area contributed by atoms with Crippen LogP contribution in [0.3, 0.4) is 0 Å². The van der Waals surface area contributed by atoms with Gasteiger partial charge in [0.05, 0.1) is 0 Å². The summed E-state index contributed by atoms with van der Waals surface area (Å²) in [6.07, 6.45) is 0.926. The van der Waals surface area contributed by atoms with Crippen molar-refractivity contribution in [2.24, 2.45) is 0 Å². The highest BCUT2D eigenvalue weighted by Crippen LogP contribution is 2.34. The molecule has 0 spiro atoms. The van der Waals surface area contributed by atoms with Gasteiger partial charge in [-0.25, -0.2) is 0 Å². The van der Waals surface area contributed by atoms with Crippen LogP contribution in [0.15, 0.2) is 146 Å². The lowest BCUT2D eigenvalue weighted by Crippen LogP contribution is -2.64. The summed E-state index contributed by atoms with van der Waals surface area (Å²) in [4.78, 5) is 11.6. The Bertz CT molecular complexity index is 2240. The molecular formula is C50H46OSi. The van der Waals surface area contributed by atoms with Gasteiger partial charge in [-0.2, -0.15) is 0 Å². The van der Waals surface area contributed by atoms with Crippen LogP contribution in [-0.4, -0.2) is 14.4 Å². The molecule has 0 N–H and O–H groups in total. The summed E-state index contributed by atoms with van der Waals surface area (Å²) in [6, 6.07) is 53.7. The second kappa shape index (κ2) is 14.2. The number of hydrogen-bond donors (Lipinski definition) is 0. The molecule has 0 aliphatic carbocycles. The Morgan fingerprint density at radius 2 is 0.615 bits per heavy atom. The molecule has 7 rings (SSSR count). The first kappa shape index (κ1) is 34.9. The third-order valence-electron chi connectivity index (χ3n) is 11.0. The molecule has 52 heavy (non-hydrogen) atoms. The van der Waals surface area contributed by atoms with E-state index in [0.29, 0.717) is 5.56 Å². The highest BCUT2D eigenvalue weighted by Gasteiger charge is 2.34. The zero-order chi connectivity index (χ0) is 36.6. The lowest BCUT2D eigenvalue weighted by molar-refractivity contribution is 0.112. The van der Waals surface area contributed by atoms with Crippen LogP contribution in [0.4, 0.5) is 0 Å². The summed E-state index contributed by atoms with van der Waals surface area (Å²) in [5, 5.41) is 3.95. The van der Waals surface area contributed by atoms with Crippen LogP contribution in [-0.2, 0) is 0 Å². The summed E-state index contributed by atoms with van der Waals surface area (Å²) < 4.78 is 0. The van der Waals surface area contributed by atoms with E-state index in [1.807, 2.05) is 12.1 Å². The zero-order valence-electron chi connectivity index (χ0n) is 31.3. The smallest absolute Gasteiger partial charge is 0.150 e. The van der Waals surface area contributed by atoms with Crippen LogP contribution in [0.2, 0.25) is 6.55 Å². The van der Waals surface area contributed by atoms with E-state index in [-0.39, 0.29) is 0 Å². The van der Waals surface area contributed by atoms with Crippen LogP contribution >= 0.6 is 0 Å². The normalized spacial score (nSPS) is 11.4. The average Bonchev–Trinajstić information content (AvgIpc) is 3.17. The maximum absolute atomic E-state index is 11.6. The highest BCUT2D eigenvalue weighted by atomic mass is 28.3. The maximum atomic E-state index is 11.6. The van der Waals surface area contributed by atoms with Crippen molar-refractivity contribution in [3.8, 4) is 44.5 Å². The number of carbonyl (C=O) groups excluding carboxylic acids is 1. The van der Waals surface area contributed by atoms with Crippen molar-refractivity contribution in [1.82, 2.24) is 0 Å². The minimum Gasteiger partial charge on any atom is -0.298 e. The molecule has 0 aromatic heterocycles. The van der Waals surface area contributed by atoms with Gasteiger partial charge in [-0.3, -0.25) is 4.79 Å². The van der Waals surface area contributed by atoms with Crippen LogP contribution in [0, 0.1) is 41.5 Å². The van der Waals surface area contributed by atoms with Crippen LogP contribution in [0.25, 0.3) is 44.5 Å². The summed E-state index contributed by atoms with van der Waals surface area (Å²) >= 11 is 0. The Kier molecular flexibility index (Phi) is 9.53. The Morgan fingerprint density at radius 1 is 0.365 bits per heavy atom. The molecule has 0 radical (unpaired) electrons. The van der Waals surface area contributed by atoms with E-state index in [9.17, 15) is 4.79 Å². The van der Waals surface area contributed by atoms with Crippen molar-refractivity contribution in [2.75, 3.05) is 0 Å². The summed E-state index contributed by atoms with van der Waals surface area (Å²) in [5.41, 5.74) is 18.4. The molecule has 256 valence electrons. The molecular weight excluding hydrogens is 645 g/mol. The Labute approximate surface area is 310 Å². The van der Waals surface area contributed by atoms with Gasteiger partial charge in [-0.1, -0.05) is 163 Å². The monoisotopic (exact) mass is 690 g/mol. The molecule has 2 heteroatoms. The van der Waals surface area contributed by atoms with Gasteiger partial charge < -0.3 is 0 Å². The molecule has 0 aliphatic rings. The van der Waals surface area contributed by atoms with Gasteiger partial charge in [0.1, 0.15) is 14.4 Å². The molecule has 0 atom stereocenters. The minimum atomic E-state index is -2.44. The fraction of sp³-hybridized carbons (Fsp3) is 0.140. The Morgan fingerprint density at radius 3 is 0.885 bits per heavy atom. The lowest BCUT2D eigenvalue weighted by atomic mass is 9.92. The molecule has 7 aromatic rings. The lowest BCUT2D eigenvalue weighted by Gasteiger charge is -2.30. The van der Waals surface area contributed by atoms with Gasteiger partial charge in [0.15, 0.2) is 0 Å². The first-order chi connectivity index (χ1) is 25.0. The molecule has 0 fully saturated rings. The average molecular weight is 691 g/mol. The fourth-order valence-corrected chi connectivity index (χ4v) is 11.2. The largest absolute Gasteiger partial charge is 0.298 e. The van der Waals surface area contributed by atoms with Crippen molar-refractivity contribution < 1.29 is 4.79 Å². The van der Waals surface area contributed by atoms with Crippen molar-refractivity contribution >= 4 is 29.9 Å². The topological polar surface area (TPSA) is 17.1 Å². The number of hydrogen-bond acceptors (Lipinski definition) is 1. The van der Waals surface area contributed by atoms with E-state index in [2.05, 4.69) is 182 Å². The van der Waals surface area contributed by atoms with Crippen LogP contribution < -0.4 is 15.6 Å². The Hall–Kier alpha value is -5.57. The predicted octanol–water partition coefficient (Wildman–Crippen LogP) is 11.1. The SMILES string of the molecule is Cc1ccc(-c2cc(C)c(-c3ccc([Si](C)(c4ccc(C=O)cc4)c4ccc(-c5cc(C)c(-c6ccc(C)cc6)cc5C)cc4)cc3)cc2C)cc1. The third kappa shape index (κ3) is 6.63. The van der Waals surface area contributed by atoms with Gasteiger partial charge in [-0.15, -0.1) is 0 Å². The Balaban J connectivity index is 1.25. The number of aldehydes is 1. The molecule has 0 unspecified atom stereocenters. The molecule has 0 saturated carbocycles. The molecule has 0 bridgehead atoms. The van der Waals surface area contributed by atoms with Gasteiger partial charge in [0, 0.05) is 5.56 Å². The van der Waals surface area contributed by atoms with E-state index >= 15 is 0 Å². The van der Waals surface area contributed by atoms with Gasteiger partial charge in [-0.05, 0) is 124 Å². The van der Waals surface area contributed by atoms with Crippen molar-refractivity contribution in [2.45, 2.75) is 48.1 Å². The predicted molar refractivity (Wildman–Crippen MR) is 225 cm³/mol. The van der Waals surface area contributed by atoms with Crippen LogP contribution in [0.1, 0.15) is 43.7 Å². The second-order valence-electron chi connectivity index (χ2n) is 14.7. The van der Waals surface area contributed by atoms with Gasteiger partial charge in [0.2, 0.25) is 0 Å². The summed E-state index contributed by atoms with van der Waals surface area (Å²) in [6.45, 7) is 15.6. The molecule has 0 heterocycles. The summed E-state index contributed by atoms with van der Waals surface area (Å²) in [5.74, 6) is 0. The first-order valence-electron chi connectivity index (χ1n) is 18.2. The number of aryl methyl sites for hydroxylation is 6. The van der Waals surface area contributed by atoms with E-state index in [1.165, 1.54) is 93.4 Å². The number of carbonyl (C=O) groups is 1. The standard InChI is InChI=1S/C50H46OSi/c1-33-8-14-40(15-9-33)47-28-37(5)49(30-35(47)3)42-18-24-45(25-19-42)52(7,44-22-12-39(32-51)13-23-44)46-26-20-43(21-27-46)50-31-36(4)48(29-38(50)6)41-16-10-34(2)11-17-41/h8-32H,1-7H3. The molecule has 0 aliphatic heterocycles. The number of benzene rings is 7. The molecule has 1 nitrogen and oxygen atoms in total. The van der Waals surface area contributed by atoms with E-state index in [1.54, 1.807) is 0 Å². The van der Waals surface area contributed by atoms with Gasteiger partial charge >= 0.3 is 0 Å². The number of rotatable bonds is 8. The van der Waals surface area contributed by atoms with Crippen LogP contribution in [0.5, 0.6) is 0 Å². The second-order valence-corrected chi connectivity index (χ2v) is 18.7. The molecule has 7 aromatic carbocycles. The van der Waals surface area contributed by atoms with Gasteiger partial charge in [0.25, 0.3) is 0 Å². The quantitative estimate of drug-likeness (QED) is 0.0881. The van der Waals surface area contributed by atoms with Crippen molar-refractivity contribution in [3.05, 3.63) is 185 Å². The third-order valence-corrected chi connectivity index (χ3v) is 15.5.